The van der Waals surface area contributed by atoms with Crippen LogP contribution in [-0.2, 0) is 18.3 Å². The first-order chi connectivity index (χ1) is 9.45. The van der Waals surface area contributed by atoms with E-state index in [1.807, 2.05) is 0 Å². The molecule has 0 unspecified atom stereocenters. The van der Waals surface area contributed by atoms with Crippen LogP contribution in [0.15, 0.2) is 30.6 Å². The van der Waals surface area contributed by atoms with Crippen molar-refractivity contribution in [2.45, 2.75) is 6.42 Å². The lowest BCUT2D eigenvalue weighted by molar-refractivity contribution is -0.136. The number of carboxylic acids is 1. The number of rotatable bonds is 4. The standard InChI is InChI=1S/C13H12ClN3O3/c1-17-7-8(14)4-11(17)13(20)16-10-3-2-9(15-6-10)5-12(18)19/h2-4,6-7H,5H2,1H3,(H,16,20)(H,18,19). The lowest BCUT2D eigenvalue weighted by atomic mass is 10.2. The molecule has 0 spiro atoms. The van der Waals surface area contributed by atoms with E-state index in [2.05, 4.69) is 10.3 Å². The van der Waals surface area contributed by atoms with Crippen molar-refractivity contribution in [3.63, 3.8) is 0 Å². The van der Waals surface area contributed by atoms with Gasteiger partial charge < -0.3 is 15.0 Å². The van der Waals surface area contributed by atoms with Gasteiger partial charge in [0.1, 0.15) is 5.69 Å². The van der Waals surface area contributed by atoms with Crippen LogP contribution in [0, 0.1) is 0 Å². The highest BCUT2D eigenvalue weighted by Crippen LogP contribution is 2.15. The van der Waals surface area contributed by atoms with Crippen molar-refractivity contribution >= 4 is 29.2 Å². The topological polar surface area (TPSA) is 84.2 Å². The predicted octanol–water partition coefficient (Wildman–Crippen LogP) is 1.95. The number of hydrogen-bond acceptors (Lipinski definition) is 3. The summed E-state index contributed by atoms with van der Waals surface area (Å²) in [4.78, 5) is 26.5. The van der Waals surface area contributed by atoms with Gasteiger partial charge in [-0.15, -0.1) is 0 Å². The van der Waals surface area contributed by atoms with Gasteiger partial charge in [-0.2, -0.15) is 0 Å². The zero-order valence-electron chi connectivity index (χ0n) is 10.6. The van der Waals surface area contributed by atoms with Gasteiger partial charge in [0.15, 0.2) is 0 Å². The Morgan fingerprint density at radius 2 is 2.20 bits per heavy atom. The Bertz CT molecular complexity index is 649. The van der Waals surface area contributed by atoms with Gasteiger partial charge in [0, 0.05) is 13.2 Å². The Morgan fingerprint density at radius 1 is 1.45 bits per heavy atom. The third-order valence-corrected chi connectivity index (χ3v) is 2.83. The minimum Gasteiger partial charge on any atom is -0.481 e. The lowest BCUT2D eigenvalue weighted by Crippen LogP contribution is -2.15. The quantitative estimate of drug-likeness (QED) is 0.902. The summed E-state index contributed by atoms with van der Waals surface area (Å²) in [5.74, 6) is -1.26. The van der Waals surface area contributed by atoms with E-state index < -0.39 is 5.97 Å². The summed E-state index contributed by atoms with van der Waals surface area (Å²) in [6.07, 6.45) is 2.90. The highest BCUT2D eigenvalue weighted by Gasteiger charge is 2.11. The molecule has 0 aliphatic heterocycles. The summed E-state index contributed by atoms with van der Waals surface area (Å²) < 4.78 is 1.61. The molecule has 0 radical (unpaired) electrons. The average molecular weight is 294 g/mol. The van der Waals surface area contributed by atoms with E-state index in [9.17, 15) is 9.59 Å². The molecular formula is C13H12ClN3O3. The number of anilines is 1. The number of carboxylic acid groups (broad SMARTS) is 1. The van der Waals surface area contributed by atoms with E-state index in [0.717, 1.165) is 0 Å². The molecule has 1 amide bonds. The van der Waals surface area contributed by atoms with Crippen molar-refractivity contribution < 1.29 is 14.7 Å². The summed E-state index contributed by atoms with van der Waals surface area (Å²) in [6.45, 7) is 0. The Morgan fingerprint density at radius 3 is 2.70 bits per heavy atom. The number of carbonyl (C=O) groups excluding carboxylic acids is 1. The highest BCUT2D eigenvalue weighted by atomic mass is 35.5. The monoisotopic (exact) mass is 293 g/mol. The number of amides is 1. The fourth-order valence-electron chi connectivity index (χ4n) is 1.70. The number of nitrogens with zero attached hydrogens (tertiary/aromatic N) is 2. The second kappa shape index (κ2) is 5.75. The zero-order chi connectivity index (χ0) is 14.7. The van der Waals surface area contributed by atoms with Gasteiger partial charge in [0.05, 0.1) is 29.0 Å². The van der Waals surface area contributed by atoms with Gasteiger partial charge in [-0.25, -0.2) is 0 Å². The van der Waals surface area contributed by atoms with Crippen molar-refractivity contribution in [3.05, 3.63) is 47.0 Å². The van der Waals surface area contributed by atoms with Crippen LogP contribution in [0.5, 0.6) is 0 Å². The maximum Gasteiger partial charge on any atom is 0.309 e. The van der Waals surface area contributed by atoms with Crippen LogP contribution < -0.4 is 5.32 Å². The minimum absolute atomic E-state index is 0.151. The number of carbonyl (C=O) groups is 2. The largest absolute Gasteiger partial charge is 0.481 e. The molecular weight excluding hydrogens is 282 g/mol. The Hall–Kier alpha value is -2.34. The van der Waals surface area contributed by atoms with Gasteiger partial charge in [0.25, 0.3) is 5.91 Å². The molecule has 0 aliphatic carbocycles. The van der Waals surface area contributed by atoms with Crippen molar-refractivity contribution in [2.75, 3.05) is 5.32 Å². The number of aromatic nitrogens is 2. The maximum atomic E-state index is 12.0. The van der Waals surface area contributed by atoms with Crippen LogP contribution in [0.25, 0.3) is 0 Å². The number of halogens is 1. The molecule has 0 bridgehead atoms. The number of aliphatic carboxylic acids is 1. The van der Waals surface area contributed by atoms with Gasteiger partial charge in [-0.3, -0.25) is 14.6 Å². The van der Waals surface area contributed by atoms with Crippen molar-refractivity contribution in [1.29, 1.82) is 0 Å². The van der Waals surface area contributed by atoms with Crippen molar-refractivity contribution in [2.24, 2.45) is 7.05 Å². The van der Waals surface area contributed by atoms with Gasteiger partial charge in [-0.05, 0) is 18.2 Å². The molecule has 0 aromatic carbocycles. The number of aryl methyl sites for hydroxylation is 1. The normalized spacial score (nSPS) is 10.3. The molecule has 2 aromatic heterocycles. The number of nitrogens with one attached hydrogen (secondary N) is 1. The summed E-state index contributed by atoms with van der Waals surface area (Å²) in [5.41, 5.74) is 1.34. The average Bonchev–Trinajstić information content (AvgIpc) is 2.70. The predicted molar refractivity (Wildman–Crippen MR) is 74.0 cm³/mol. The zero-order valence-corrected chi connectivity index (χ0v) is 11.4. The molecule has 2 heterocycles. The molecule has 20 heavy (non-hydrogen) atoms. The van der Waals surface area contributed by atoms with Crippen LogP contribution in [0.1, 0.15) is 16.2 Å². The molecule has 0 fully saturated rings. The Kier molecular flexibility index (Phi) is 4.05. The molecule has 0 saturated carbocycles. The molecule has 2 aromatic rings. The van der Waals surface area contributed by atoms with E-state index in [4.69, 9.17) is 16.7 Å². The van der Waals surface area contributed by atoms with Gasteiger partial charge >= 0.3 is 5.97 Å². The summed E-state index contributed by atoms with van der Waals surface area (Å²) in [6, 6.07) is 4.72. The van der Waals surface area contributed by atoms with E-state index >= 15 is 0 Å². The molecule has 0 aliphatic rings. The molecule has 0 saturated heterocycles. The summed E-state index contributed by atoms with van der Waals surface area (Å²) in [5, 5.41) is 11.8. The van der Waals surface area contributed by atoms with E-state index in [1.165, 1.54) is 6.20 Å². The molecule has 6 nitrogen and oxygen atoms in total. The second-order valence-corrected chi connectivity index (χ2v) is 4.65. The summed E-state index contributed by atoms with van der Waals surface area (Å²) in [7, 11) is 1.72. The molecule has 104 valence electrons. The van der Waals surface area contributed by atoms with E-state index in [1.54, 1.807) is 36.0 Å². The Balaban J connectivity index is 2.08. The van der Waals surface area contributed by atoms with Crippen LogP contribution in [-0.4, -0.2) is 26.5 Å². The molecule has 7 heteroatoms. The minimum atomic E-state index is -0.951. The lowest BCUT2D eigenvalue weighted by Gasteiger charge is -2.06. The van der Waals surface area contributed by atoms with Crippen LogP contribution in [0.4, 0.5) is 5.69 Å². The first kappa shape index (κ1) is 14.1. The van der Waals surface area contributed by atoms with Crippen molar-refractivity contribution in [1.82, 2.24) is 9.55 Å². The highest BCUT2D eigenvalue weighted by molar-refractivity contribution is 6.31. The van der Waals surface area contributed by atoms with Crippen molar-refractivity contribution in [3.8, 4) is 0 Å². The van der Waals surface area contributed by atoms with Gasteiger partial charge in [0.2, 0.25) is 0 Å². The second-order valence-electron chi connectivity index (χ2n) is 4.22. The first-order valence-corrected chi connectivity index (χ1v) is 6.13. The smallest absolute Gasteiger partial charge is 0.309 e. The first-order valence-electron chi connectivity index (χ1n) is 5.75. The van der Waals surface area contributed by atoms with Crippen LogP contribution in [0.3, 0.4) is 0 Å². The van der Waals surface area contributed by atoms with E-state index in [0.29, 0.717) is 22.1 Å². The van der Waals surface area contributed by atoms with Gasteiger partial charge in [-0.1, -0.05) is 11.6 Å². The SMILES string of the molecule is Cn1cc(Cl)cc1C(=O)Nc1ccc(CC(=O)O)nc1. The third kappa shape index (κ3) is 3.36. The van der Waals surface area contributed by atoms with E-state index in [-0.39, 0.29) is 12.3 Å². The molecule has 0 atom stereocenters. The third-order valence-electron chi connectivity index (χ3n) is 2.62. The maximum absolute atomic E-state index is 12.0. The van der Waals surface area contributed by atoms with Crippen LogP contribution in [0.2, 0.25) is 5.02 Å². The molecule has 2 rings (SSSR count). The fraction of sp³-hybridized carbons (Fsp3) is 0.154. The Labute approximate surface area is 120 Å². The summed E-state index contributed by atoms with van der Waals surface area (Å²) >= 11 is 5.81. The fourth-order valence-corrected chi connectivity index (χ4v) is 1.95. The number of hydrogen-bond donors (Lipinski definition) is 2. The molecule has 2 N–H and O–H groups in total. The number of pyridine rings is 1. The van der Waals surface area contributed by atoms with Crippen LogP contribution >= 0.6 is 11.6 Å².